The summed E-state index contributed by atoms with van der Waals surface area (Å²) in [5, 5.41) is 2.86. The number of carbonyl (C=O) groups excluding carboxylic acids is 1. The summed E-state index contributed by atoms with van der Waals surface area (Å²) in [5.41, 5.74) is 1.09. The summed E-state index contributed by atoms with van der Waals surface area (Å²) in [6.07, 6.45) is 0. The number of methoxy groups -OCH3 is 1. The van der Waals surface area contributed by atoms with Gasteiger partial charge in [0.15, 0.2) is 23.1 Å². The molecule has 0 heterocycles. The Labute approximate surface area is 153 Å². The molecular formula is C20H24FNO4. The second kappa shape index (κ2) is 9.08. The van der Waals surface area contributed by atoms with Crippen molar-refractivity contribution in [2.24, 2.45) is 0 Å². The predicted molar refractivity (Wildman–Crippen MR) is 97.6 cm³/mol. The van der Waals surface area contributed by atoms with Crippen LogP contribution in [0.5, 0.6) is 17.2 Å². The Morgan fingerprint density at radius 2 is 1.69 bits per heavy atom. The number of ether oxygens (including phenoxy) is 3. The molecule has 5 nitrogen and oxygen atoms in total. The Morgan fingerprint density at radius 3 is 2.31 bits per heavy atom. The fourth-order valence-electron chi connectivity index (χ4n) is 2.51. The maximum Gasteiger partial charge on any atom is 0.251 e. The molecule has 0 radical (unpaired) electrons. The highest BCUT2D eigenvalue weighted by molar-refractivity contribution is 5.94. The summed E-state index contributed by atoms with van der Waals surface area (Å²) in [7, 11) is 1.38. The highest BCUT2D eigenvalue weighted by Crippen LogP contribution is 2.31. The molecule has 0 saturated heterocycles. The average Bonchev–Trinajstić information content (AvgIpc) is 2.63. The standard InChI is InChI=1S/C20H24FNO4/c1-5-25-18-10-7-14(12-19(18)26-6-2)13(3)22-20(23)15-8-9-17(24-4)16(21)11-15/h7-13H,5-6H2,1-4H3,(H,22,23)/t13-/m1/s1. The molecule has 26 heavy (non-hydrogen) atoms. The first kappa shape index (κ1) is 19.6. The largest absolute Gasteiger partial charge is 0.494 e. The van der Waals surface area contributed by atoms with Crippen LogP contribution in [0.3, 0.4) is 0 Å². The summed E-state index contributed by atoms with van der Waals surface area (Å²) < 4.78 is 29.8. The van der Waals surface area contributed by atoms with Crippen LogP contribution in [0, 0.1) is 5.82 Å². The molecular weight excluding hydrogens is 337 g/mol. The molecule has 2 rings (SSSR count). The number of hydrogen-bond donors (Lipinski definition) is 1. The monoisotopic (exact) mass is 361 g/mol. The second-order valence-electron chi connectivity index (χ2n) is 5.62. The molecule has 0 aliphatic heterocycles. The second-order valence-corrected chi connectivity index (χ2v) is 5.62. The highest BCUT2D eigenvalue weighted by Gasteiger charge is 2.16. The zero-order valence-electron chi connectivity index (χ0n) is 15.5. The maximum atomic E-state index is 13.8. The third-order valence-electron chi connectivity index (χ3n) is 3.83. The summed E-state index contributed by atoms with van der Waals surface area (Å²) in [6.45, 7) is 6.69. The minimum Gasteiger partial charge on any atom is -0.494 e. The predicted octanol–water partition coefficient (Wildman–Crippen LogP) is 4.12. The van der Waals surface area contributed by atoms with Gasteiger partial charge in [-0.3, -0.25) is 4.79 Å². The van der Waals surface area contributed by atoms with E-state index in [1.54, 1.807) is 0 Å². The normalized spacial score (nSPS) is 11.6. The van der Waals surface area contributed by atoms with Crippen LogP contribution in [0.15, 0.2) is 36.4 Å². The Bertz CT molecular complexity index is 763. The summed E-state index contributed by atoms with van der Waals surface area (Å²) in [4.78, 5) is 12.4. The molecule has 2 aromatic rings. The molecule has 1 atom stereocenters. The first-order valence-electron chi connectivity index (χ1n) is 8.54. The van der Waals surface area contributed by atoms with Crippen molar-refractivity contribution in [1.29, 1.82) is 0 Å². The van der Waals surface area contributed by atoms with Crippen LogP contribution in [0.25, 0.3) is 0 Å². The van der Waals surface area contributed by atoms with Gasteiger partial charge < -0.3 is 19.5 Å². The molecule has 0 unspecified atom stereocenters. The van der Waals surface area contributed by atoms with Gasteiger partial charge in [0.25, 0.3) is 5.91 Å². The molecule has 0 aliphatic carbocycles. The van der Waals surface area contributed by atoms with Crippen molar-refractivity contribution in [3.05, 3.63) is 53.3 Å². The number of rotatable bonds is 8. The van der Waals surface area contributed by atoms with Gasteiger partial charge >= 0.3 is 0 Å². The van der Waals surface area contributed by atoms with Crippen molar-refractivity contribution in [1.82, 2.24) is 5.32 Å². The lowest BCUT2D eigenvalue weighted by molar-refractivity contribution is 0.0939. The fourth-order valence-corrected chi connectivity index (χ4v) is 2.51. The zero-order chi connectivity index (χ0) is 19.1. The van der Waals surface area contributed by atoms with E-state index in [1.165, 1.54) is 19.2 Å². The zero-order valence-corrected chi connectivity index (χ0v) is 15.5. The first-order chi connectivity index (χ1) is 12.5. The number of nitrogens with one attached hydrogen (secondary N) is 1. The summed E-state index contributed by atoms with van der Waals surface area (Å²) in [5.74, 6) is 0.443. The van der Waals surface area contributed by atoms with Gasteiger partial charge in [-0.05, 0) is 56.7 Å². The lowest BCUT2D eigenvalue weighted by atomic mass is 10.1. The minimum atomic E-state index is -0.576. The van der Waals surface area contributed by atoms with Crippen LogP contribution >= 0.6 is 0 Å². The van der Waals surface area contributed by atoms with Crippen LogP contribution in [0.4, 0.5) is 4.39 Å². The van der Waals surface area contributed by atoms with Crippen LogP contribution in [0.2, 0.25) is 0 Å². The van der Waals surface area contributed by atoms with Gasteiger partial charge in [0.2, 0.25) is 0 Å². The van der Waals surface area contributed by atoms with E-state index in [0.29, 0.717) is 24.7 Å². The van der Waals surface area contributed by atoms with E-state index in [1.807, 2.05) is 39.0 Å². The lowest BCUT2D eigenvalue weighted by Gasteiger charge is -2.17. The topological polar surface area (TPSA) is 56.8 Å². The Hall–Kier alpha value is -2.76. The van der Waals surface area contributed by atoms with E-state index in [4.69, 9.17) is 14.2 Å². The Kier molecular flexibility index (Phi) is 6.83. The van der Waals surface area contributed by atoms with E-state index in [-0.39, 0.29) is 23.3 Å². The third kappa shape index (κ3) is 4.65. The molecule has 140 valence electrons. The molecule has 0 aliphatic rings. The summed E-state index contributed by atoms with van der Waals surface area (Å²) >= 11 is 0. The number of halogens is 1. The third-order valence-corrected chi connectivity index (χ3v) is 3.83. The van der Waals surface area contributed by atoms with Gasteiger partial charge in [0.1, 0.15) is 0 Å². The molecule has 2 aromatic carbocycles. The molecule has 6 heteroatoms. The molecule has 0 bridgehead atoms. The van der Waals surface area contributed by atoms with Crippen molar-refractivity contribution >= 4 is 5.91 Å². The Morgan fingerprint density at radius 1 is 1.04 bits per heavy atom. The van der Waals surface area contributed by atoms with Gasteiger partial charge in [0.05, 0.1) is 26.4 Å². The molecule has 0 saturated carbocycles. The van der Waals surface area contributed by atoms with Crippen LogP contribution in [0.1, 0.15) is 42.7 Å². The van der Waals surface area contributed by atoms with E-state index in [2.05, 4.69) is 5.32 Å². The van der Waals surface area contributed by atoms with E-state index in [9.17, 15) is 9.18 Å². The highest BCUT2D eigenvalue weighted by atomic mass is 19.1. The van der Waals surface area contributed by atoms with Crippen molar-refractivity contribution < 1.29 is 23.4 Å². The van der Waals surface area contributed by atoms with Crippen molar-refractivity contribution in [3.63, 3.8) is 0 Å². The van der Waals surface area contributed by atoms with E-state index < -0.39 is 5.82 Å². The van der Waals surface area contributed by atoms with E-state index in [0.717, 1.165) is 11.6 Å². The van der Waals surface area contributed by atoms with Gasteiger partial charge in [-0.15, -0.1) is 0 Å². The number of amides is 1. The SMILES string of the molecule is CCOc1ccc([C@@H](C)NC(=O)c2ccc(OC)c(F)c2)cc1OCC. The van der Waals surface area contributed by atoms with Crippen molar-refractivity contribution in [3.8, 4) is 17.2 Å². The molecule has 1 N–H and O–H groups in total. The number of hydrogen-bond acceptors (Lipinski definition) is 4. The van der Waals surface area contributed by atoms with Gasteiger partial charge in [0, 0.05) is 5.56 Å². The minimum absolute atomic E-state index is 0.0995. The number of carbonyl (C=O) groups is 1. The quantitative estimate of drug-likeness (QED) is 0.768. The van der Waals surface area contributed by atoms with Crippen molar-refractivity contribution in [2.75, 3.05) is 20.3 Å². The molecule has 1 amide bonds. The fraction of sp³-hybridized carbons (Fsp3) is 0.350. The van der Waals surface area contributed by atoms with Gasteiger partial charge in [-0.1, -0.05) is 6.07 Å². The number of benzene rings is 2. The van der Waals surface area contributed by atoms with Crippen LogP contribution in [-0.4, -0.2) is 26.2 Å². The average molecular weight is 361 g/mol. The molecule has 0 aromatic heterocycles. The van der Waals surface area contributed by atoms with Gasteiger partial charge in [-0.2, -0.15) is 0 Å². The van der Waals surface area contributed by atoms with Crippen LogP contribution < -0.4 is 19.5 Å². The smallest absolute Gasteiger partial charge is 0.251 e. The molecule has 0 fully saturated rings. The maximum absolute atomic E-state index is 13.8. The van der Waals surface area contributed by atoms with Crippen LogP contribution in [-0.2, 0) is 0 Å². The first-order valence-corrected chi connectivity index (χ1v) is 8.54. The summed E-state index contributed by atoms with van der Waals surface area (Å²) in [6, 6.07) is 9.35. The Balaban J connectivity index is 2.15. The van der Waals surface area contributed by atoms with E-state index >= 15 is 0 Å². The molecule has 0 spiro atoms. The lowest BCUT2D eigenvalue weighted by Crippen LogP contribution is -2.26. The van der Waals surface area contributed by atoms with Gasteiger partial charge in [-0.25, -0.2) is 4.39 Å². The van der Waals surface area contributed by atoms with Crippen molar-refractivity contribution in [2.45, 2.75) is 26.8 Å².